The van der Waals surface area contributed by atoms with E-state index < -0.39 is 11.4 Å². The summed E-state index contributed by atoms with van der Waals surface area (Å²) < 4.78 is 0. The number of nitrogens with one attached hydrogen (secondary N) is 1. The SMILES string of the molecule is CCCC(C)NC(=O)N1CCC(CCC)(C(=O)O)C1. The Labute approximate surface area is 115 Å². The third-order valence-corrected chi connectivity index (χ3v) is 3.91. The average molecular weight is 270 g/mol. The van der Waals surface area contributed by atoms with Crippen molar-refractivity contribution in [2.45, 2.75) is 58.9 Å². The summed E-state index contributed by atoms with van der Waals surface area (Å²) in [6.45, 7) is 6.91. The van der Waals surface area contributed by atoms with E-state index in [1.807, 2.05) is 13.8 Å². The van der Waals surface area contributed by atoms with Crippen LogP contribution in [0.1, 0.15) is 52.9 Å². The van der Waals surface area contributed by atoms with Gasteiger partial charge in [0.15, 0.2) is 0 Å². The number of nitrogens with zero attached hydrogens (tertiary/aromatic N) is 1. The monoisotopic (exact) mass is 270 g/mol. The van der Waals surface area contributed by atoms with Gasteiger partial charge in [-0.3, -0.25) is 4.79 Å². The zero-order valence-corrected chi connectivity index (χ0v) is 12.2. The molecule has 0 aromatic heterocycles. The lowest BCUT2D eigenvalue weighted by Crippen LogP contribution is -2.44. The van der Waals surface area contributed by atoms with Gasteiger partial charge in [0, 0.05) is 19.1 Å². The Hall–Kier alpha value is -1.26. The second-order valence-corrected chi connectivity index (χ2v) is 5.65. The Morgan fingerprint density at radius 2 is 2.05 bits per heavy atom. The third kappa shape index (κ3) is 3.85. The molecule has 110 valence electrons. The van der Waals surface area contributed by atoms with E-state index in [2.05, 4.69) is 12.2 Å². The standard InChI is InChI=1S/C14H26N2O3/c1-4-6-11(3)15-13(19)16-9-8-14(10-16,7-5-2)12(17)18/h11H,4-10H2,1-3H3,(H,15,19)(H,17,18). The molecule has 5 nitrogen and oxygen atoms in total. The highest BCUT2D eigenvalue weighted by atomic mass is 16.4. The average Bonchev–Trinajstić information content (AvgIpc) is 2.75. The predicted octanol–water partition coefficient (Wildman–Crippen LogP) is 2.46. The Balaban J connectivity index is 2.59. The molecule has 1 fully saturated rings. The molecule has 1 aliphatic rings. The number of rotatable bonds is 6. The minimum absolute atomic E-state index is 0.125. The van der Waals surface area contributed by atoms with Crippen molar-refractivity contribution in [3.63, 3.8) is 0 Å². The zero-order chi connectivity index (χ0) is 14.5. The van der Waals surface area contributed by atoms with Crippen LogP contribution >= 0.6 is 0 Å². The first-order valence-electron chi connectivity index (χ1n) is 7.24. The van der Waals surface area contributed by atoms with Gasteiger partial charge < -0.3 is 15.3 Å². The van der Waals surface area contributed by atoms with Crippen molar-refractivity contribution in [2.75, 3.05) is 13.1 Å². The number of amides is 2. The van der Waals surface area contributed by atoms with E-state index in [-0.39, 0.29) is 12.1 Å². The van der Waals surface area contributed by atoms with Crippen LogP contribution in [-0.4, -0.2) is 41.1 Å². The van der Waals surface area contributed by atoms with Gasteiger partial charge in [0.05, 0.1) is 5.41 Å². The lowest BCUT2D eigenvalue weighted by atomic mass is 9.83. The fraction of sp³-hybridized carbons (Fsp3) is 0.857. The van der Waals surface area contributed by atoms with E-state index in [1.54, 1.807) is 4.90 Å². The predicted molar refractivity (Wildman–Crippen MR) is 74.1 cm³/mol. The van der Waals surface area contributed by atoms with Crippen molar-refractivity contribution in [1.82, 2.24) is 10.2 Å². The second kappa shape index (κ2) is 6.78. The molecule has 1 saturated heterocycles. The second-order valence-electron chi connectivity index (χ2n) is 5.65. The van der Waals surface area contributed by atoms with E-state index in [9.17, 15) is 14.7 Å². The van der Waals surface area contributed by atoms with Gasteiger partial charge in [-0.15, -0.1) is 0 Å². The summed E-state index contributed by atoms with van der Waals surface area (Å²) in [6.07, 6.45) is 3.99. The Morgan fingerprint density at radius 3 is 2.58 bits per heavy atom. The molecule has 2 N–H and O–H groups in total. The van der Waals surface area contributed by atoms with Crippen LogP contribution in [0.25, 0.3) is 0 Å². The van der Waals surface area contributed by atoms with E-state index >= 15 is 0 Å². The molecule has 0 spiro atoms. The normalized spacial score (nSPS) is 24.3. The van der Waals surface area contributed by atoms with Crippen molar-refractivity contribution < 1.29 is 14.7 Å². The Kier molecular flexibility index (Phi) is 5.63. The first kappa shape index (κ1) is 15.8. The molecule has 1 heterocycles. The molecule has 0 saturated carbocycles. The van der Waals surface area contributed by atoms with Gasteiger partial charge in [0.1, 0.15) is 0 Å². The molecule has 19 heavy (non-hydrogen) atoms. The molecule has 2 amide bonds. The molecule has 2 atom stereocenters. The summed E-state index contributed by atoms with van der Waals surface area (Å²) in [7, 11) is 0. The van der Waals surface area contributed by atoms with Crippen LogP contribution in [0.2, 0.25) is 0 Å². The summed E-state index contributed by atoms with van der Waals surface area (Å²) in [5, 5.41) is 12.3. The highest BCUT2D eigenvalue weighted by molar-refractivity contribution is 5.79. The number of likely N-dealkylation sites (tertiary alicyclic amines) is 1. The fourth-order valence-electron chi connectivity index (χ4n) is 2.82. The number of carboxylic acids is 1. The number of hydrogen-bond acceptors (Lipinski definition) is 2. The van der Waals surface area contributed by atoms with Crippen molar-refractivity contribution in [2.24, 2.45) is 5.41 Å². The summed E-state index contributed by atoms with van der Waals surface area (Å²) >= 11 is 0. The van der Waals surface area contributed by atoms with Gasteiger partial charge in [-0.1, -0.05) is 26.7 Å². The van der Waals surface area contributed by atoms with Gasteiger partial charge in [-0.05, 0) is 26.2 Å². The van der Waals surface area contributed by atoms with Crippen LogP contribution in [0.15, 0.2) is 0 Å². The first-order valence-corrected chi connectivity index (χ1v) is 7.24. The van der Waals surface area contributed by atoms with E-state index in [0.29, 0.717) is 25.9 Å². The highest BCUT2D eigenvalue weighted by Gasteiger charge is 2.45. The van der Waals surface area contributed by atoms with Gasteiger partial charge in [0.2, 0.25) is 0 Å². The van der Waals surface area contributed by atoms with Gasteiger partial charge in [-0.25, -0.2) is 4.79 Å². The molecular formula is C14H26N2O3. The minimum atomic E-state index is -0.772. The first-order chi connectivity index (χ1) is 8.95. The molecule has 0 bridgehead atoms. The van der Waals surface area contributed by atoms with Crippen molar-refractivity contribution >= 4 is 12.0 Å². The lowest BCUT2D eigenvalue weighted by Gasteiger charge is -2.25. The van der Waals surface area contributed by atoms with Gasteiger partial charge in [0.25, 0.3) is 0 Å². The summed E-state index contributed by atoms with van der Waals surface area (Å²) in [6, 6.07) is 0.0173. The molecule has 0 radical (unpaired) electrons. The molecule has 1 rings (SSSR count). The summed E-state index contributed by atoms with van der Waals surface area (Å²) in [5.74, 6) is -0.772. The largest absolute Gasteiger partial charge is 0.481 e. The van der Waals surface area contributed by atoms with E-state index in [1.165, 1.54) is 0 Å². The van der Waals surface area contributed by atoms with Crippen molar-refractivity contribution in [3.05, 3.63) is 0 Å². The molecule has 0 aromatic rings. The quantitative estimate of drug-likeness (QED) is 0.779. The maximum Gasteiger partial charge on any atom is 0.317 e. The Morgan fingerprint density at radius 1 is 1.37 bits per heavy atom. The fourth-order valence-corrected chi connectivity index (χ4v) is 2.82. The maximum absolute atomic E-state index is 12.1. The number of urea groups is 1. The molecular weight excluding hydrogens is 244 g/mol. The topological polar surface area (TPSA) is 69.6 Å². The summed E-state index contributed by atoms with van der Waals surface area (Å²) in [5.41, 5.74) is -0.736. The third-order valence-electron chi connectivity index (χ3n) is 3.91. The van der Waals surface area contributed by atoms with E-state index in [0.717, 1.165) is 19.3 Å². The molecule has 2 unspecified atom stereocenters. The van der Waals surface area contributed by atoms with Crippen LogP contribution < -0.4 is 5.32 Å². The number of carboxylic acid groups (broad SMARTS) is 1. The highest BCUT2D eigenvalue weighted by Crippen LogP contribution is 2.35. The number of aliphatic carboxylic acids is 1. The molecule has 1 aliphatic heterocycles. The lowest BCUT2D eigenvalue weighted by molar-refractivity contribution is -0.148. The smallest absolute Gasteiger partial charge is 0.317 e. The van der Waals surface area contributed by atoms with Crippen LogP contribution in [0.3, 0.4) is 0 Å². The van der Waals surface area contributed by atoms with Crippen molar-refractivity contribution in [1.29, 1.82) is 0 Å². The molecule has 0 aliphatic carbocycles. The van der Waals surface area contributed by atoms with Crippen LogP contribution in [0.4, 0.5) is 4.79 Å². The number of carbonyl (C=O) groups is 2. The van der Waals surface area contributed by atoms with Crippen LogP contribution in [-0.2, 0) is 4.79 Å². The Bertz CT molecular complexity index is 333. The number of carbonyl (C=O) groups excluding carboxylic acids is 1. The maximum atomic E-state index is 12.1. The summed E-state index contributed by atoms with van der Waals surface area (Å²) in [4.78, 5) is 25.2. The zero-order valence-electron chi connectivity index (χ0n) is 12.2. The number of hydrogen-bond donors (Lipinski definition) is 2. The molecule has 5 heteroatoms. The van der Waals surface area contributed by atoms with Crippen LogP contribution in [0, 0.1) is 5.41 Å². The van der Waals surface area contributed by atoms with Gasteiger partial charge >= 0.3 is 12.0 Å². The minimum Gasteiger partial charge on any atom is -0.481 e. The van der Waals surface area contributed by atoms with Crippen molar-refractivity contribution in [3.8, 4) is 0 Å². The molecule has 0 aromatic carbocycles. The van der Waals surface area contributed by atoms with Gasteiger partial charge in [-0.2, -0.15) is 0 Å². The van der Waals surface area contributed by atoms with Crippen LogP contribution in [0.5, 0.6) is 0 Å². The van der Waals surface area contributed by atoms with E-state index in [4.69, 9.17) is 0 Å².